The summed E-state index contributed by atoms with van der Waals surface area (Å²) in [5.41, 5.74) is 2.88. The Morgan fingerprint density at radius 1 is 1.00 bits per heavy atom. The van der Waals surface area contributed by atoms with Crippen LogP contribution in [0.4, 0.5) is 4.79 Å². The largest absolute Gasteiger partial charge is 0.497 e. The van der Waals surface area contributed by atoms with Gasteiger partial charge >= 0.3 is 6.03 Å². The zero-order valence-corrected chi connectivity index (χ0v) is 22.8. The standard InChI is InChI=1S/C27H27BrN4O4S/c1-19-8-14-23(15-9-19)37(34,35)31-27(33)30-24(16-20-6-4-3-5-7-20)26-29-17-25(28)32(26)18-21-10-12-22(36-2)13-11-21/h3-15,17,24H,16,18H2,1-2H3,(H2,30,31,33). The number of aromatic nitrogens is 2. The number of urea groups is 1. The fourth-order valence-corrected chi connectivity index (χ4v) is 5.18. The van der Waals surface area contributed by atoms with E-state index in [1.54, 1.807) is 25.4 Å². The number of rotatable bonds is 9. The number of methoxy groups -OCH3 is 1. The minimum absolute atomic E-state index is 0.0107. The molecule has 1 aromatic heterocycles. The molecule has 4 rings (SSSR count). The number of halogens is 1. The first-order valence-electron chi connectivity index (χ1n) is 11.5. The molecule has 1 atom stereocenters. The number of nitrogens with one attached hydrogen (secondary N) is 2. The molecule has 0 spiro atoms. The van der Waals surface area contributed by atoms with Crippen LogP contribution in [0.3, 0.4) is 0 Å². The van der Waals surface area contributed by atoms with E-state index >= 15 is 0 Å². The number of carbonyl (C=O) groups excluding carboxylic acids is 1. The molecule has 0 radical (unpaired) electrons. The molecule has 3 aromatic carbocycles. The van der Waals surface area contributed by atoms with Crippen molar-refractivity contribution in [3.63, 3.8) is 0 Å². The van der Waals surface area contributed by atoms with Gasteiger partial charge in [0, 0.05) is 6.54 Å². The van der Waals surface area contributed by atoms with E-state index in [0.29, 0.717) is 18.8 Å². The Kier molecular flexibility index (Phi) is 8.30. The first kappa shape index (κ1) is 26.4. The molecule has 0 aliphatic heterocycles. The van der Waals surface area contributed by atoms with E-state index in [-0.39, 0.29) is 4.90 Å². The third-order valence-corrected chi connectivity index (χ3v) is 7.78. The quantitative estimate of drug-likeness (QED) is 0.289. The first-order valence-corrected chi connectivity index (χ1v) is 13.8. The van der Waals surface area contributed by atoms with Gasteiger partial charge in [0.1, 0.15) is 16.2 Å². The average molecular weight is 584 g/mol. The van der Waals surface area contributed by atoms with E-state index in [0.717, 1.165) is 27.0 Å². The Balaban J connectivity index is 1.60. The number of aryl methyl sites for hydroxylation is 1. The molecule has 2 amide bonds. The number of benzene rings is 3. The van der Waals surface area contributed by atoms with Crippen molar-refractivity contribution >= 4 is 32.0 Å². The number of hydrogen-bond acceptors (Lipinski definition) is 5. The third-order valence-electron chi connectivity index (χ3n) is 5.80. The number of amides is 2. The van der Waals surface area contributed by atoms with Crippen LogP contribution >= 0.6 is 15.9 Å². The number of sulfonamides is 1. The number of nitrogens with zero attached hydrogens (tertiary/aromatic N) is 2. The normalized spacial score (nSPS) is 12.1. The smallest absolute Gasteiger partial charge is 0.329 e. The predicted molar refractivity (Wildman–Crippen MR) is 145 cm³/mol. The number of hydrogen-bond donors (Lipinski definition) is 2. The van der Waals surface area contributed by atoms with Gasteiger partial charge < -0.3 is 14.6 Å². The monoisotopic (exact) mass is 582 g/mol. The first-order chi connectivity index (χ1) is 17.7. The lowest BCUT2D eigenvalue weighted by Crippen LogP contribution is -2.42. The predicted octanol–water partition coefficient (Wildman–Crippen LogP) is 4.98. The van der Waals surface area contributed by atoms with Crippen LogP contribution < -0.4 is 14.8 Å². The summed E-state index contributed by atoms with van der Waals surface area (Å²) < 4.78 is 35.6. The Labute approximate surface area is 224 Å². The molecule has 1 unspecified atom stereocenters. The maximum absolute atomic E-state index is 13.0. The van der Waals surface area contributed by atoms with Gasteiger partial charge in [-0.25, -0.2) is 22.9 Å². The minimum Gasteiger partial charge on any atom is -0.497 e. The van der Waals surface area contributed by atoms with Crippen LogP contribution in [0, 0.1) is 6.92 Å². The van der Waals surface area contributed by atoms with Crippen LogP contribution in [0.15, 0.2) is 94.6 Å². The molecular weight excluding hydrogens is 556 g/mol. The highest BCUT2D eigenvalue weighted by Crippen LogP contribution is 2.24. The Morgan fingerprint density at radius 2 is 1.68 bits per heavy atom. The summed E-state index contributed by atoms with van der Waals surface area (Å²) in [6.45, 7) is 2.34. The summed E-state index contributed by atoms with van der Waals surface area (Å²) in [6.07, 6.45) is 2.07. The lowest BCUT2D eigenvalue weighted by Gasteiger charge is -2.21. The molecule has 4 aromatic rings. The number of imidazole rings is 1. The van der Waals surface area contributed by atoms with Gasteiger partial charge in [-0.2, -0.15) is 0 Å². The van der Waals surface area contributed by atoms with Crippen LogP contribution in [0.1, 0.15) is 28.6 Å². The molecule has 10 heteroatoms. The van der Waals surface area contributed by atoms with Gasteiger partial charge in [-0.3, -0.25) is 0 Å². The molecule has 0 aliphatic rings. The van der Waals surface area contributed by atoms with Crippen molar-refractivity contribution in [1.29, 1.82) is 0 Å². The summed E-state index contributed by atoms with van der Waals surface area (Å²) in [5.74, 6) is 1.33. The van der Waals surface area contributed by atoms with Crippen LogP contribution in [0.5, 0.6) is 5.75 Å². The second-order valence-electron chi connectivity index (χ2n) is 8.51. The fraction of sp³-hybridized carbons (Fsp3) is 0.185. The van der Waals surface area contributed by atoms with Gasteiger partial charge in [0.25, 0.3) is 10.0 Å². The lowest BCUT2D eigenvalue weighted by molar-refractivity contribution is 0.241. The molecule has 1 heterocycles. The van der Waals surface area contributed by atoms with Gasteiger partial charge in [-0.05, 0) is 64.7 Å². The maximum Gasteiger partial charge on any atom is 0.329 e. The Bertz CT molecular complexity index is 1450. The summed E-state index contributed by atoms with van der Waals surface area (Å²) >= 11 is 3.56. The van der Waals surface area contributed by atoms with Crippen LogP contribution in [-0.2, 0) is 23.0 Å². The molecule has 37 heavy (non-hydrogen) atoms. The van der Waals surface area contributed by atoms with Crippen molar-refractivity contribution in [2.75, 3.05) is 7.11 Å². The molecule has 2 N–H and O–H groups in total. The van der Waals surface area contributed by atoms with Crippen LogP contribution in [0.25, 0.3) is 0 Å². The lowest BCUT2D eigenvalue weighted by atomic mass is 10.1. The highest BCUT2D eigenvalue weighted by molar-refractivity contribution is 9.10. The van der Waals surface area contributed by atoms with E-state index in [1.165, 1.54) is 12.1 Å². The second-order valence-corrected chi connectivity index (χ2v) is 11.0. The van der Waals surface area contributed by atoms with E-state index in [2.05, 4.69) is 31.0 Å². The van der Waals surface area contributed by atoms with E-state index in [4.69, 9.17) is 4.74 Å². The SMILES string of the molecule is COc1ccc(Cn2c(Br)cnc2C(Cc2ccccc2)NC(=O)NS(=O)(=O)c2ccc(C)cc2)cc1. The summed E-state index contributed by atoms with van der Waals surface area (Å²) in [4.78, 5) is 17.5. The highest BCUT2D eigenvalue weighted by atomic mass is 79.9. The van der Waals surface area contributed by atoms with Crippen molar-refractivity contribution in [2.24, 2.45) is 0 Å². The van der Waals surface area contributed by atoms with Crippen LogP contribution in [-0.4, -0.2) is 31.1 Å². The highest BCUT2D eigenvalue weighted by Gasteiger charge is 2.25. The van der Waals surface area contributed by atoms with Gasteiger partial charge in [0.15, 0.2) is 0 Å². The van der Waals surface area contributed by atoms with Crippen LogP contribution in [0.2, 0.25) is 0 Å². The van der Waals surface area contributed by atoms with E-state index < -0.39 is 22.1 Å². The van der Waals surface area contributed by atoms with Crippen molar-refractivity contribution in [2.45, 2.75) is 30.8 Å². The van der Waals surface area contributed by atoms with Gasteiger partial charge in [-0.15, -0.1) is 0 Å². The molecule has 0 bridgehead atoms. The molecule has 192 valence electrons. The summed E-state index contributed by atoms with van der Waals surface area (Å²) in [7, 11) is -2.43. The van der Waals surface area contributed by atoms with Gasteiger partial charge in [0.05, 0.1) is 24.2 Å². The van der Waals surface area contributed by atoms with Gasteiger partial charge in [-0.1, -0.05) is 60.2 Å². The van der Waals surface area contributed by atoms with Crippen molar-refractivity contribution < 1.29 is 17.9 Å². The zero-order valence-electron chi connectivity index (χ0n) is 20.4. The van der Waals surface area contributed by atoms with E-state index in [1.807, 2.05) is 66.1 Å². The molecule has 8 nitrogen and oxygen atoms in total. The van der Waals surface area contributed by atoms with Crippen molar-refractivity contribution in [3.05, 3.63) is 112 Å². The molecule has 0 saturated heterocycles. The summed E-state index contributed by atoms with van der Waals surface area (Å²) in [5, 5.41) is 2.82. The Hall–Kier alpha value is -3.63. The third kappa shape index (κ3) is 6.78. The second kappa shape index (κ2) is 11.6. The molecule has 0 aliphatic carbocycles. The number of carbonyl (C=O) groups is 1. The molecule has 0 fully saturated rings. The summed E-state index contributed by atoms with van der Waals surface area (Å²) in [6, 6.07) is 22.1. The zero-order chi connectivity index (χ0) is 26.4. The minimum atomic E-state index is -4.05. The molecular formula is C27H27BrN4O4S. The Morgan fingerprint density at radius 3 is 2.32 bits per heavy atom. The van der Waals surface area contributed by atoms with Crippen molar-refractivity contribution in [1.82, 2.24) is 19.6 Å². The average Bonchev–Trinajstić information content (AvgIpc) is 3.24. The molecule has 0 saturated carbocycles. The van der Waals surface area contributed by atoms with E-state index in [9.17, 15) is 13.2 Å². The topological polar surface area (TPSA) is 102 Å². The maximum atomic E-state index is 13.0. The number of ether oxygens (including phenoxy) is 1. The van der Waals surface area contributed by atoms with Gasteiger partial charge in [0.2, 0.25) is 0 Å². The van der Waals surface area contributed by atoms with Crippen molar-refractivity contribution in [3.8, 4) is 5.75 Å². The fourth-order valence-electron chi connectivity index (χ4n) is 3.86.